The summed E-state index contributed by atoms with van der Waals surface area (Å²) in [6.45, 7) is -0.384. The Hall–Kier alpha value is -2.44. The Labute approximate surface area is 133 Å². The molecule has 0 fully saturated rings. The van der Waals surface area contributed by atoms with Crippen molar-refractivity contribution in [1.29, 1.82) is 0 Å². The van der Waals surface area contributed by atoms with Gasteiger partial charge in [0, 0.05) is 0 Å². The number of hydrogen-bond acceptors (Lipinski definition) is 4. The lowest BCUT2D eigenvalue weighted by Crippen LogP contribution is -2.14. The van der Waals surface area contributed by atoms with Crippen LogP contribution in [0.5, 0.6) is 0 Å². The second-order valence-corrected chi connectivity index (χ2v) is 6.72. The van der Waals surface area contributed by atoms with Crippen molar-refractivity contribution in [2.45, 2.75) is 0 Å². The van der Waals surface area contributed by atoms with Crippen LogP contribution in [0.2, 0.25) is 0 Å². The quantitative estimate of drug-likeness (QED) is 0.452. The van der Waals surface area contributed by atoms with Gasteiger partial charge < -0.3 is 4.74 Å². The highest BCUT2D eigenvalue weighted by molar-refractivity contribution is 7.85. The summed E-state index contributed by atoms with van der Waals surface area (Å²) >= 11 is 0. The van der Waals surface area contributed by atoms with Crippen molar-refractivity contribution in [2.75, 3.05) is 12.4 Å². The zero-order chi connectivity index (χ0) is 16.4. The maximum Gasteiger partial charge on any atom is 0.338 e. The van der Waals surface area contributed by atoms with Crippen molar-refractivity contribution in [2.24, 2.45) is 0 Å². The summed E-state index contributed by atoms with van der Waals surface area (Å²) in [5, 5.41) is 4.01. The number of rotatable bonds is 4. The normalized spacial score (nSPS) is 11.7. The molecule has 3 aromatic carbocycles. The van der Waals surface area contributed by atoms with E-state index in [-0.39, 0.29) is 6.61 Å². The van der Waals surface area contributed by atoms with Gasteiger partial charge in [0.15, 0.2) is 0 Å². The van der Waals surface area contributed by atoms with Crippen LogP contribution in [0.15, 0.2) is 54.6 Å². The molecule has 0 aliphatic rings. The van der Waals surface area contributed by atoms with E-state index in [1.807, 2.05) is 42.5 Å². The molecule has 0 unspecified atom stereocenters. The topological polar surface area (TPSA) is 80.7 Å². The molecule has 3 rings (SSSR count). The first-order chi connectivity index (χ1) is 10.9. The first kappa shape index (κ1) is 15.5. The van der Waals surface area contributed by atoms with Gasteiger partial charge in [0.1, 0.15) is 12.4 Å². The second kappa shape index (κ2) is 5.98. The Morgan fingerprint density at radius 3 is 2.35 bits per heavy atom. The van der Waals surface area contributed by atoms with Gasteiger partial charge in [-0.1, -0.05) is 42.5 Å². The molecule has 0 aliphatic carbocycles. The fraction of sp³-hybridized carbons (Fsp3) is 0.118. The number of carbonyl (C=O) groups excluding carboxylic acids is 1. The number of hydrogen-bond donors (Lipinski definition) is 1. The van der Waals surface area contributed by atoms with Crippen molar-refractivity contribution in [3.05, 3.63) is 60.2 Å². The molecule has 6 heteroatoms. The molecule has 118 valence electrons. The van der Waals surface area contributed by atoms with Crippen LogP contribution in [0.25, 0.3) is 21.5 Å². The Morgan fingerprint density at radius 1 is 0.957 bits per heavy atom. The third-order valence-corrected chi connectivity index (χ3v) is 4.24. The standard InChI is InChI=1S/C17H14O5S/c18-17(22-9-10-23(19,20)21)14-8-7-13-6-5-12-3-1-2-4-15(12)16(13)11-14/h1-8,11H,9-10H2,(H,19,20,21). The summed E-state index contributed by atoms with van der Waals surface area (Å²) in [5.41, 5.74) is 0.337. The molecule has 23 heavy (non-hydrogen) atoms. The van der Waals surface area contributed by atoms with Crippen molar-refractivity contribution in [1.82, 2.24) is 0 Å². The van der Waals surface area contributed by atoms with E-state index in [4.69, 9.17) is 9.29 Å². The van der Waals surface area contributed by atoms with Crippen LogP contribution in [0.1, 0.15) is 10.4 Å². The van der Waals surface area contributed by atoms with E-state index in [9.17, 15) is 13.2 Å². The molecular weight excluding hydrogens is 316 g/mol. The number of benzene rings is 3. The van der Waals surface area contributed by atoms with Gasteiger partial charge in [-0.25, -0.2) is 4.79 Å². The van der Waals surface area contributed by atoms with Gasteiger partial charge in [-0.3, -0.25) is 4.55 Å². The van der Waals surface area contributed by atoms with E-state index in [0.717, 1.165) is 21.5 Å². The van der Waals surface area contributed by atoms with E-state index in [1.165, 1.54) is 0 Å². The van der Waals surface area contributed by atoms with Crippen LogP contribution < -0.4 is 0 Å². The first-order valence-corrected chi connectivity index (χ1v) is 8.59. The molecule has 0 atom stereocenters. The summed E-state index contributed by atoms with van der Waals surface area (Å²) in [6.07, 6.45) is 0. The molecule has 0 heterocycles. The van der Waals surface area contributed by atoms with Gasteiger partial charge in [0.2, 0.25) is 0 Å². The maximum atomic E-state index is 12.0. The molecule has 0 aromatic heterocycles. The molecule has 0 saturated carbocycles. The molecular formula is C17H14O5S. The van der Waals surface area contributed by atoms with Crippen LogP contribution in [-0.2, 0) is 14.9 Å². The molecule has 3 aromatic rings. The monoisotopic (exact) mass is 330 g/mol. The number of fused-ring (bicyclic) bond motifs is 3. The lowest BCUT2D eigenvalue weighted by molar-refractivity contribution is 0.0528. The molecule has 0 saturated heterocycles. The highest BCUT2D eigenvalue weighted by Crippen LogP contribution is 2.26. The molecule has 0 amide bonds. The van der Waals surface area contributed by atoms with E-state index in [0.29, 0.717) is 5.56 Å². The maximum absolute atomic E-state index is 12.0. The van der Waals surface area contributed by atoms with Gasteiger partial charge in [-0.15, -0.1) is 0 Å². The molecule has 5 nitrogen and oxygen atoms in total. The number of esters is 1. The molecule has 0 bridgehead atoms. The lowest BCUT2D eigenvalue weighted by atomic mass is 10.00. The van der Waals surface area contributed by atoms with Gasteiger partial charge in [0.25, 0.3) is 10.1 Å². The summed E-state index contributed by atoms with van der Waals surface area (Å²) in [6, 6.07) is 17.0. The molecule has 1 N–H and O–H groups in total. The minimum Gasteiger partial charge on any atom is -0.461 e. The average molecular weight is 330 g/mol. The van der Waals surface area contributed by atoms with Crippen molar-refractivity contribution >= 4 is 37.6 Å². The van der Waals surface area contributed by atoms with Crippen LogP contribution in [-0.4, -0.2) is 31.3 Å². The Balaban J connectivity index is 1.93. The summed E-state index contributed by atoms with van der Waals surface area (Å²) < 4.78 is 34.8. The Kier molecular flexibility index (Phi) is 4.02. The van der Waals surface area contributed by atoms with E-state index >= 15 is 0 Å². The summed E-state index contributed by atoms with van der Waals surface area (Å²) in [5.74, 6) is -1.24. The third-order valence-electron chi connectivity index (χ3n) is 3.56. The van der Waals surface area contributed by atoms with Crippen molar-refractivity contribution < 1.29 is 22.5 Å². The van der Waals surface area contributed by atoms with E-state index in [2.05, 4.69) is 0 Å². The molecule has 0 spiro atoms. The minimum atomic E-state index is -4.14. The van der Waals surface area contributed by atoms with Crippen molar-refractivity contribution in [3.8, 4) is 0 Å². The van der Waals surface area contributed by atoms with Gasteiger partial charge in [-0.05, 0) is 33.7 Å². The minimum absolute atomic E-state index is 0.337. The first-order valence-electron chi connectivity index (χ1n) is 6.98. The highest BCUT2D eigenvalue weighted by atomic mass is 32.2. The van der Waals surface area contributed by atoms with E-state index in [1.54, 1.807) is 12.1 Å². The number of carbonyl (C=O) groups is 1. The zero-order valence-electron chi connectivity index (χ0n) is 12.1. The van der Waals surface area contributed by atoms with Gasteiger partial charge in [-0.2, -0.15) is 8.42 Å². The fourth-order valence-electron chi connectivity index (χ4n) is 2.45. The summed E-state index contributed by atoms with van der Waals surface area (Å²) in [4.78, 5) is 12.0. The van der Waals surface area contributed by atoms with Gasteiger partial charge >= 0.3 is 5.97 Å². The second-order valence-electron chi connectivity index (χ2n) is 5.14. The molecule has 0 aliphatic heterocycles. The highest BCUT2D eigenvalue weighted by Gasteiger charge is 2.11. The average Bonchev–Trinajstić information content (AvgIpc) is 2.53. The molecule has 0 radical (unpaired) electrons. The van der Waals surface area contributed by atoms with Crippen LogP contribution >= 0.6 is 0 Å². The van der Waals surface area contributed by atoms with Crippen LogP contribution in [0.4, 0.5) is 0 Å². The van der Waals surface area contributed by atoms with Gasteiger partial charge in [0.05, 0.1) is 5.56 Å². The fourth-order valence-corrected chi connectivity index (χ4v) is 2.75. The third kappa shape index (κ3) is 3.49. The summed E-state index contributed by atoms with van der Waals surface area (Å²) in [7, 11) is -4.14. The van der Waals surface area contributed by atoms with Crippen LogP contribution in [0.3, 0.4) is 0 Å². The number of ether oxygens (including phenoxy) is 1. The Morgan fingerprint density at radius 2 is 1.61 bits per heavy atom. The zero-order valence-corrected chi connectivity index (χ0v) is 12.9. The lowest BCUT2D eigenvalue weighted by Gasteiger charge is -2.07. The predicted octanol–water partition coefficient (Wildman–Crippen LogP) is 3.04. The largest absolute Gasteiger partial charge is 0.461 e. The van der Waals surface area contributed by atoms with Crippen LogP contribution in [0, 0.1) is 0 Å². The SMILES string of the molecule is O=C(OCCS(=O)(=O)O)c1ccc2ccc3ccccc3c2c1. The Bertz CT molecular complexity index is 992. The predicted molar refractivity (Wildman–Crippen MR) is 88.2 cm³/mol. The van der Waals surface area contributed by atoms with E-state index < -0.39 is 21.8 Å². The van der Waals surface area contributed by atoms with Crippen molar-refractivity contribution in [3.63, 3.8) is 0 Å². The smallest absolute Gasteiger partial charge is 0.338 e.